The second-order valence-electron chi connectivity index (χ2n) is 5.75. The smallest absolute Gasteiger partial charge is 0.0908 e. The van der Waals surface area contributed by atoms with Gasteiger partial charge >= 0.3 is 0 Å². The maximum Gasteiger partial charge on any atom is 0.0908 e. The van der Waals surface area contributed by atoms with E-state index in [1.807, 2.05) is 0 Å². The van der Waals surface area contributed by atoms with Gasteiger partial charge in [0.15, 0.2) is 0 Å². The van der Waals surface area contributed by atoms with Gasteiger partial charge in [0.2, 0.25) is 0 Å². The van der Waals surface area contributed by atoms with E-state index in [0.717, 1.165) is 25.9 Å². The molecular weight excluding hydrogens is 266 g/mol. The predicted molar refractivity (Wildman–Crippen MR) is 82.9 cm³/mol. The first kappa shape index (κ1) is 14.5. The van der Waals surface area contributed by atoms with Crippen LogP contribution in [0.25, 0.3) is 10.9 Å². The van der Waals surface area contributed by atoms with Gasteiger partial charge in [0.1, 0.15) is 0 Å². The van der Waals surface area contributed by atoms with Gasteiger partial charge in [-0.05, 0) is 30.4 Å². The molecule has 0 aliphatic carbocycles. The fourth-order valence-corrected chi connectivity index (χ4v) is 3.08. The largest absolute Gasteiger partial charge is 0.394 e. The van der Waals surface area contributed by atoms with Crippen molar-refractivity contribution in [2.24, 2.45) is 0 Å². The average Bonchev–Trinajstić information content (AvgIpc) is 2.97. The highest BCUT2D eigenvalue weighted by atomic mass is 16.3. The molecule has 1 aliphatic heterocycles. The van der Waals surface area contributed by atoms with Crippen molar-refractivity contribution < 1.29 is 10.2 Å². The first-order chi connectivity index (χ1) is 10.3. The minimum absolute atomic E-state index is 0.196. The van der Waals surface area contributed by atoms with E-state index in [0.29, 0.717) is 12.5 Å². The Morgan fingerprint density at radius 2 is 2.05 bits per heavy atom. The maximum absolute atomic E-state index is 9.37. The van der Waals surface area contributed by atoms with E-state index in [-0.39, 0.29) is 6.61 Å². The van der Waals surface area contributed by atoms with Crippen molar-refractivity contribution >= 4 is 10.9 Å². The Hall–Kier alpha value is -1.40. The van der Waals surface area contributed by atoms with Gasteiger partial charge in [-0.3, -0.25) is 5.43 Å². The summed E-state index contributed by atoms with van der Waals surface area (Å²) in [6.45, 7) is 2.14. The zero-order valence-corrected chi connectivity index (χ0v) is 12.1. The lowest BCUT2D eigenvalue weighted by atomic mass is 9.90. The molecule has 1 unspecified atom stereocenters. The van der Waals surface area contributed by atoms with Gasteiger partial charge in [-0.15, -0.1) is 0 Å². The van der Waals surface area contributed by atoms with E-state index in [1.165, 1.54) is 16.5 Å². The number of piperidine rings is 1. The van der Waals surface area contributed by atoms with Crippen LogP contribution in [0.1, 0.15) is 24.3 Å². The van der Waals surface area contributed by atoms with Crippen LogP contribution in [-0.4, -0.2) is 52.6 Å². The number of fused-ring (bicyclic) bond motifs is 1. The zero-order chi connectivity index (χ0) is 14.7. The van der Waals surface area contributed by atoms with Gasteiger partial charge in [-0.1, -0.05) is 18.2 Å². The molecule has 5 nitrogen and oxygen atoms in total. The number of H-pyrrole nitrogens is 1. The minimum Gasteiger partial charge on any atom is -0.394 e. The van der Waals surface area contributed by atoms with Crippen molar-refractivity contribution in [1.82, 2.24) is 15.4 Å². The van der Waals surface area contributed by atoms with Gasteiger partial charge in [-0.2, -0.15) is 0 Å². The third kappa shape index (κ3) is 3.27. The quantitative estimate of drug-likeness (QED) is 0.667. The summed E-state index contributed by atoms with van der Waals surface area (Å²) >= 11 is 0. The number of benzene rings is 1. The van der Waals surface area contributed by atoms with Crippen LogP contribution >= 0.6 is 0 Å². The molecule has 2 aromatic rings. The summed E-state index contributed by atoms with van der Waals surface area (Å²) in [7, 11) is 0. The first-order valence-corrected chi connectivity index (χ1v) is 7.61. The molecule has 3 rings (SSSR count). The first-order valence-electron chi connectivity index (χ1n) is 7.61. The molecule has 0 spiro atoms. The summed E-state index contributed by atoms with van der Waals surface area (Å²) in [6.07, 6.45) is 3.67. The van der Waals surface area contributed by atoms with E-state index in [4.69, 9.17) is 5.11 Å². The number of nitrogens with one attached hydrogen (secondary N) is 2. The molecule has 0 amide bonds. The Balaban J connectivity index is 1.58. The normalized spacial score (nSPS) is 19.1. The van der Waals surface area contributed by atoms with Crippen LogP contribution in [0.15, 0.2) is 30.5 Å². The lowest BCUT2D eigenvalue weighted by Gasteiger charge is -2.32. The van der Waals surface area contributed by atoms with Crippen molar-refractivity contribution in [1.29, 1.82) is 0 Å². The molecule has 1 aliphatic rings. The summed E-state index contributed by atoms with van der Waals surface area (Å²) in [5, 5.41) is 21.7. The van der Waals surface area contributed by atoms with Crippen LogP contribution < -0.4 is 5.43 Å². The molecule has 0 bridgehead atoms. The molecule has 1 aromatic heterocycles. The molecule has 114 valence electrons. The number of aliphatic hydroxyl groups excluding tert-OH is 2. The van der Waals surface area contributed by atoms with E-state index < -0.39 is 6.10 Å². The fraction of sp³-hybridized carbons (Fsp3) is 0.500. The van der Waals surface area contributed by atoms with Crippen LogP contribution in [0.5, 0.6) is 0 Å². The number of aromatic nitrogens is 1. The van der Waals surface area contributed by atoms with E-state index >= 15 is 0 Å². The number of hydrogen-bond acceptors (Lipinski definition) is 4. The van der Waals surface area contributed by atoms with Crippen molar-refractivity contribution in [3.05, 3.63) is 36.0 Å². The summed E-state index contributed by atoms with van der Waals surface area (Å²) in [5.41, 5.74) is 5.82. The highest BCUT2D eigenvalue weighted by molar-refractivity contribution is 5.83. The van der Waals surface area contributed by atoms with Crippen molar-refractivity contribution in [3.8, 4) is 0 Å². The predicted octanol–water partition coefficient (Wildman–Crippen LogP) is 1.21. The maximum atomic E-state index is 9.37. The Morgan fingerprint density at radius 1 is 1.29 bits per heavy atom. The molecule has 4 N–H and O–H groups in total. The van der Waals surface area contributed by atoms with E-state index in [1.54, 1.807) is 0 Å². The zero-order valence-electron chi connectivity index (χ0n) is 12.1. The Labute approximate surface area is 124 Å². The van der Waals surface area contributed by atoms with Crippen LogP contribution in [0, 0.1) is 0 Å². The summed E-state index contributed by atoms with van der Waals surface area (Å²) in [5.74, 6) is 0.585. The minimum atomic E-state index is -0.684. The monoisotopic (exact) mass is 289 g/mol. The fourth-order valence-electron chi connectivity index (χ4n) is 3.08. The number of hydrogen-bond donors (Lipinski definition) is 4. The molecule has 2 heterocycles. The molecule has 1 atom stereocenters. The lowest BCUT2D eigenvalue weighted by Crippen LogP contribution is -2.46. The standard InChI is InChI=1S/C16H23N3O2/c20-11-13(21)9-18-19-7-5-12(6-8-19)15-10-17-16-4-2-1-3-14(15)16/h1-4,10,12-13,17-18,20-21H,5-9,11H2. The third-order valence-electron chi connectivity index (χ3n) is 4.32. The second kappa shape index (κ2) is 6.58. The topological polar surface area (TPSA) is 71.5 Å². The Bertz CT molecular complexity index is 576. The molecule has 1 fully saturated rings. The van der Waals surface area contributed by atoms with Gasteiger partial charge in [0.05, 0.1) is 12.7 Å². The molecule has 5 heteroatoms. The van der Waals surface area contributed by atoms with E-state index in [9.17, 15) is 5.11 Å². The van der Waals surface area contributed by atoms with Crippen LogP contribution in [-0.2, 0) is 0 Å². The van der Waals surface area contributed by atoms with Gasteiger partial charge in [0, 0.05) is 36.7 Å². The molecule has 0 saturated carbocycles. The van der Waals surface area contributed by atoms with Gasteiger partial charge in [-0.25, -0.2) is 5.01 Å². The Kier molecular flexibility index (Phi) is 4.55. The Morgan fingerprint density at radius 3 is 2.81 bits per heavy atom. The number of hydrazine groups is 1. The molecule has 1 aromatic carbocycles. The highest BCUT2D eigenvalue weighted by Crippen LogP contribution is 2.32. The highest BCUT2D eigenvalue weighted by Gasteiger charge is 2.22. The number of nitrogens with zero attached hydrogens (tertiary/aromatic N) is 1. The average molecular weight is 289 g/mol. The number of rotatable bonds is 5. The SMILES string of the molecule is OCC(O)CNN1CCC(c2c[nH]c3ccccc23)CC1. The van der Waals surface area contributed by atoms with Crippen molar-refractivity contribution in [2.45, 2.75) is 24.9 Å². The molecule has 21 heavy (non-hydrogen) atoms. The molecule has 0 radical (unpaired) electrons. The summed E-state index contributed by atoms with van der Waals surface area (Å²) in [6, 6.07) is 8.45. The van der Waals surface area contributed by atoms with Gasteiger partial charge in [0.25, 0.3) is 0 Å². The second-order valence-corrected chi connectivity index (χ2v) is 5.75. The summed E-state index contributed by atoms with van der Waals surface area (Å²) in [4.78, 5) is 3.35. The van der Waals surface area contributed by atoms with E-state index in [2.05, 4.69) is 45.9 Å². The third-order valence-corrected chi connectivity index (χ3v) is 4.32. The molecular formula is C16H23N3O2. The van der Waals surface area contributed by atoms with Crippen molar-refractivity contribution in [3.63, 3.8) is 0 Å². The number of para-hydroxylation sites is 1. The van der Waals surface area contributed by atoms with Crippen LogP contribution in [0.4, 0.5) is 0 Å². The summed E-state index contributed by atoms with van der Waals surface area (Å²) < 4.78 is 0. The number of aromatic amines is 1. The van der Waals surface area contributed by atoms with Crippen LogP contribution in [0.3, 0.4) is 0 Å². The molecule has 1 saturated heterocycles. The number of aliphatic hydroxyl groups is 2. The lowest BCUT2D eigenvalue weighted by molar-refractivity contribution is 0.0587. The van der Waals surface area contributed by atoms with Crippen molar-refractivity contribution in [2.75, 3.05) is 26.2 Å². The van der Waals surface area contributed by atoms with Crippen LogP contribution in [0.2, 0.25) is 0 Å². The van der Waals surface area contributed by atoms with Gasteiger partial charge < -0.3 is 15.2 Å².